The molecule has 2 N–H and O–H groups in total. The van der Waals surface area contributed by atoms with Crippen molar-refractivity contribution in [2.75, 3.05) is 6.54 Å². The second-order valence-electron chi connectivity index (χ2n) is 7.69. The Hall–Kier alpha value is -2.34. The first kappa shape index (κ1) is 18.0. The number of hydrogen-bond donors (Lipinski definition) is 2. The van der Waals surface area contributed by atoms with E-state index in [0.29, 0.717) is 12.1 Å². The van der Waals surface area contributed by atoms with Gasteiger partial charge in [0, 0.05) is 24.7 Å². The van der Waals surface area contributed by atoms with Gasteiger partial charge in [0.1, 0.15) is 5.75 Å². The Morgan fingerprint density at radius 2 is 2.00 bits per heavy atom. The highest BCUT2D eigenvalue weighted by Gasteiger charge is 2.25. The van der Waals surface area contributed by atoms with Crippen molar-refractivity contribution in [2.45, 2.75) is 64.2 Å². The lowest BCUT2D eigenvalue weighted by atomic mass is 9.94. The molecule has 0 saturated heterocycles. The maximum atomic E-state index is 12.2. The number of hydrogen-bond acceptors (Lipinski definition) is 4. The van der Waals surface area contributed by atoms with E-state index >= 15 is 0 Å². The first-order valence-electron chi connectivity index (χ1n) is 10.0. The minimum Gasteiger partial charge on any atom is -0.508 e. The predicted molar refractivity (Wildman–Crippen MR) is 103 cm³/mol. The number of phenols is 1. The Morgan fingerprint density at radius 1 is 1.19 bits per heavy atom. The number of aromatic nitrogens is 2. The van der Waals surface area contributed by atoms with Gasteiger partial charge in [0.15, 0.2) is 0 Å². The van der Waals surface area contributed by atoms with Gasteiger partial charge in [-0.1, -0.05) is 37.5 Å². The second kappa shape index (κ2) is 8.13. The van der Waals surface area contributed by atoms with Crippen LogP contribution in [0, 0.1) is 0 Å². The molecule has 144 valence electrons. The van der Waals surface area contributed by atoms with Gasteiger partial charge in [-0.2, -0.15) is 5.10 Å². The third-order valence-electron chi connectivity index (χ3n) is 5.78. The summed E-state index contributed by atoms with van der Waals surface area (Å²) in [4.78, 5) is 14.8. The first-order valence-corrected chi connectivity index (χ1v) is 10.0. The fraction of sp³-hybridized carbons (Fsp3) is 0.524. The van der Waals surface area contributed by atoms with Crippen molar-refractivity contribution in [3.05, 3.63) is 47.3 Å². The Balaban J connectivity index is 1.32. The smallest absolute Gasteiger partial charge is 0.224 e. The minimum absolute atomic E-state index is 0.105. The number of carbonyl (C=O) groups excluding carboxylic acids is 1. The molecule has 1 aromatic carbocycles. The van der Waals surface area contributed by atoms with E-state index in [1.54, 1.807) is 18.2 Å². The number of rotatable bonds is 5. The molecule has 2 aromatic rings. The van der Waals surface area contributed by atoms with E-state index in [4.69, 9.17) is 0 Å². The summed E-state index contributed by atoms with van der Waals surface area (Å²) in [5.74, 6) is 0.0548. The summed E-state index contributed by atoms with van der Waals surface area (Å²) in [7, 11) is 0. The zero-order valence-corrected chi connectivity index (χ0v) is 15.7. The SMILES string of the molecule is O=C(Cc1ccccc1O)NCc1cc2n(n1)CCN(C1CCCCC1)C2. The van der Waals surface area contributed by atoms with Crippen molar-refractivity contribution in [3.63, 3.8) is 0 Å². The molecule has 2 heterocycles. The fourth-order valence-electron chi connectivity index (χ4n) is 4.28. The van der Waals surface area contributed by atoms with Gasteiger partial charge in [-0.3, -0.25) is 14.4 Å². The summed E-state index contributed by atoms with van der Waals surface area (Å²) < 4.78 is 2.09. The molecule has 1 fully saturated rings. The number of amides is 1. The molecular weight excluding hydrogens is 340 g/mol. The Bertz CT molecular complexity index is 795. The normalized spacial score (nSPS) is 18.2. The molecule has 0 bridgehead atoms. The number of carbonyl (C=O) groups is 1. The van der Waals surface area contributed by atoms with Crippen LogP contribution in [0.5, 0.6) is 5.75 Å². The van der Waals surface area contributed by atoms with Crippen molar-refractivity contribution in [1.29, 1.82) is 0 Å². The van der Waals surface area contributed by atoms with Gasteiger partial charge in [-0.05, 0) is 25.0 Å². The molecule has 6 nitrogen and oxygen atoms in total. The van der Waals surface area contributed by atoms with E-state index in [0.717, 1.165) is 31.4 Å². The van der Waals surface area contributed by atoms with Crippen molar-refractivity contribution in [1.82, 2.24) is 20.0 Å². The highest BCUT2D eigenvalue weighted by Crippen LogP contribution is 2.26. The molecule has 1 aromatic heterocycles. The van der Waals surface area contributed by atoms with Crippen LogP contribution in [0.15, 0.2) is 30.3 Å². The highest BCUT2D eigenvalue weighted by molar-refractivity contribution is 5.79. The van der Waals surface area contributed by atoms with E-state index in [2.05, 4.69) is 26.1 Å². The molecule has 0 radical (unpaired) electrons. The molecule has 0 spiro atoms. The number of aromatic hydroxyl groups is 1. The number of para-hydroxylation sites is 1. The summed E-state index contributed by atoms with van der Waals surface area (Å²) in [6.45, 7) is 3.38. The van der Waals surface area contributed by atoms with Crippen LogP contribution in [-0.2, 0) is 30.8 Å². The van der Waals surface area contributed by atoms with Crippen molar-refractivity contribution >= 4 is 5.91 Å². The molecule has 0 unspecified atom stereocenters. The molecule has 1 saturated carbocycles. The standard InChI is InChI=1S/C21H28N4O2/c26-20-9-5-4-6-16(20)12-21(27)22-14-17-13-19-15-24(10-11-25(19)23-17)18-7-2-1-3-8-18/h4-6,9,13,18,26H,1-3,7-8,10-12,14-15H2,(H,22,27). The Kier molecular flexibility index (Phi) is 5.43. The first-order chi connectivity index (χ1) is 13.2. The third kappa shape index (κ3) is 4.33. The number of phenolic OH excluding ortho intramolecular Hbond substituents is 1. The zero-order chi connectivity index (χ0) is 18.6. The maximum Gasteiger partial charge on any atom is 0.224 e. The van der Waals surface area contributed by atoms with Gasteiger partial charge in [-0.25, -0.2) is 0 Å². The van der Waals surface area contributed by atoms with Crippen molar-refractivity contribution in [3.8, 4) is 5.75 Å². The number of nitrogens with one attached hydrogen (secondary N) is 1. The lowest BCUT2D eigenvalue weighted by molar-refractivity contribution is -0.120. The number of fused-ring (bicyclic) bond motifs is 1. The molecule has 0 atom stereocenters. The van der Waals surface area contributed by atoms with Crippen molar-refractivity contribution < 1.29 is 9.90 Å². The quantitative estimate of drug-likeness (QED) is 0.851. The molecule has 1 aliphatic heterocycles. The maximum absolute atomic E-state index is 12.2. The minimum atomic E-state index is -0.105. The number of benzene rings is 1. The summed E-state index contributed by atoms with van der Waals surface area (Å²) in [6.07, 6.45) is 6.92. The van der Waals surface area contributed by atoms with Gasteiger partial charge in [-0.15, -0.1) is 0 Å². The van der Waals surface area contributed by atoms with Gasteiger partial charge >= 0.3 is 0 Å². The second-order valence-corrected chi connectivity index (χ2v) is 7.69. The fourth-order valence-corrected chi connectivity index (χ4v) is 4.28. The Labute approximate surface area is 160 Å². The Morgan fingerprint density at radius 3 is 2.81 bits per heavy atom. The van der Waals surface area contributed by atoms with Crippen LogP contribution in [-0.4, -0.2) is 38.3 Å². The van der Waals surface area contributed by atoms with E-state index in [-0.39, 0.29) is 18.1 Å². The highest BCUT2D eigenvalue weighted by atomic mass is 16.3. The van der Waals surface area contributed by atoms with Gasteiger partial charge < -0.3 is 10.4 Å². The molecule has 1 aliphatic carbocycles. The lowest BCUT2D eigenvalue weighted by Gasteiger charge is -2.36. The summed E-state index contributed by atoms with van der Waals surface area (Å²) in [5, 5.41) is 17.4. The van der Waals surface area contributed by atoms with Crippen LogP contribution in [0.25, 0.3) is 0 Å². The summed E-state index contributed by atoms with van der Waals surface area (Å²) in [6, 6.07) is 9.79. The van der Waals surface area contributed by atoms with Crippen LogP contribution in [0.2, 0.25) is 0 Å². The van der Waals surface area contributed by atoms with Gasteiger partial charge in [0.2, 0.25) is 5.91 Å². The summed E-state index contributed by atoms with van der Waals surface area (Å²) in [5.41, 5.74) is 2.79. The average Bonchev–Trinajstić information content (AvgIpc) is 3.11. The predicted octanol–water partition coefficient (Wildman–Crippen LogP) is 2.60. The third-order valence-corrected chi connectivity index (χ3v) is 5.78. The van der Waals surface area contributed by atoms with Crippen LogP contribution in [0.4, 0.5) is 0 Å². The van der Waals surface area contributed by atoms with Crippen LogP contribution < -0.4 is 5.32 Å². The van der Waals surface area contributed by atoms with Crippen LogP contribution >= 0.6 is 0 Å². The van der Waals surface area contributed by atoms with Gasteiger partial charge in [0.05, 0.1) is 30.9 Å². The van der Waals surface area contributed by atoms with E-state index in [1.165, 1.54) is 37.8 Å². The number of nitrogens with zero attached hydrogens (tertiary/aromatic N) is 3. The molecule has 27 heavy (non-hydrogen) atoms. The molecule has 1 amide bonds. The van der Waals surface area contributed by atoms with Crippen LogP contribution in [0.1, 0.15) is 49.1 Å². The molecule has 6 heteroatoms. The van der Waals surface area contributed by atoms with E-state index in [1.807, 2.05) is 6.07 Å². The largest absolute Gasteiger partial charge is 0.508 e. The molecule has 4 rings (SSSR count). The van der Waals surface area contributed by atoms with Gasteiger partial charge in [0.25, 0.3) is 0 Å². The van der Waals surface area contributed by atoms with E-state index in [9.17, 15) is 9.90 Å². The van der Waals surface area contributed by atoms with Crippen LogP contribution in [0.3, 0.4) is 0 Å². The average molecular weight is 368 g/mol. The summed E-state index contributed by atoms with van der Waals surface area (Å²) >= 11 is 0. The zero-order valence-electron chi connectivity index (χ0n) is 15.7. The van der Waals surface area contributed by atoms with Crippen molar-refractivity contribution in [2.24, 2.45) is 0 Å². The molecule has 2 aliphatic rings. The topological polar surface area (TPSA) is 70.4 Å². The van der Waals surface area contributed by atoms with E-state index < -0.39 is 0 Å². The molecular formula is C21H28N4O2. The monoisotopic (exact) mass is 368 g/mol. The lowest BCUT2D eigenvalue weighted by Crippen LogP contribution is -2.42.